The number of hydrogen-bond donors (Lipinski definition) is 1. The molecule has 186 valence electrons. The topological polar surface area (TPSA) is 79.3 Å². The minimum atomic E-state index is -3.85. The molecule has 2 aromatic carbocycles. The second-order valence-corrected chi connectivity index (χ2v) is 11.7. The standard InChI is InChI=1S/C26H36N2O5S/c1-18-14-28(19(2)17-29)34(30,31)26-11-10-22(21-6-5-7-23(12-21)32-4)13-24(26)33-25(18)16-27(3)15-20-8-9-20/h5-7,10-13,18-20,25,29H,8-9,14-17H2,1-4H3/t18-,19-,25-/m0/s1. The lowest BCUT2D eigenvalue weighted by atomic mass is 10.0. The van der Waals surface area contributed by atoms with Crippen LogP contribution in [0.25, 0.3) is 11.1 Å². The molecule has 7 nitrogen and oxygen atoms in total. The first-order valence-corrected chi connectivity index (χ1v) is 13.4. The molecule has 0 saturated heterocycles. The van der Waals surface area contributed by atoms with Gasteiger partial charge in [-0.05, 0) is 68.1 Å². The predicted octanol–water partition coefficient (Wildman–Crippen LogP) is 3.47. The van der Waals surface area contributed by atoms with Crippen LogP contribution in [0.15, 0.2) is 47.4 Å². The van der Waals surface area contributed by atoms with E-state index in [2.05, 4.69) is 11.9 Å². The highest BCUT2D eigenvalue weighted by Crippen LogP contribution is 2.37. The average Bonchev–Trinajstić information content (AvgIpc) is 3.64. The molecule has 0 spiro atoms. The molecule has 8 heteroatoms. The minimum absolute atomic E-state index is 0.0564. The van der Waals surface area contributed by atoms with Gasteiger partial charge >= 0.3 is 0 Å². The van der Waals surface area contributed by atoms with Gasteiger partial charge in [-0.1, -0.05) is 25.1 Å². The first kappa shape index (κ1) is 25.0. The summed E-state index contributed by atoms with van der Waals surface area (Å²) in [5.41, 5.74) is 1.77. The summed E-state index contributed by atoms with van der Waals surface area (Å²) in [6.07, 6.45) is 2.36. The van der Waals surface area contributed by atoms with E-state index in [0.29, 0.717) is 18.8 Å². The van der Waals surface area contributed by atoms with Gasteiger partial charge in [-0.15, -0.1) is 0 Å². The van der Waals surface area contributed by atoms with Crippen molar-refractivity contribution < 1.29 is 23.0 Å². The zero-order chi connectivity index (χ0) is 24.5. The van der Waals surface area contributed by atoms with Crippen LogP contribution in [0.4, 0.5) is 0 Å². The summed E-state index contributed by atoms with van der Waals surface area (Å²) in [5.74, 6) is 1.78. The molecule has 4 rings (SSSR count). The molecule has 0 aromatic heterocycles. The van der Waals surface area contributed by atoms with Crippen LogP contribution in [-0.2, 0) is 10.0 Å². The van der Waals surface area contributed by atoms with Crippen LogP contribution in [0.3, 0.4) is 0 Å². The van der Waals surface area contributed by atoms with E-state index in [1.165, 1.54) is 17.1 Å². The van der Waals surface area contributed by atoms with Crippen molar-refractivity contribution in [3.05, 3.63) is 42.5 Å². The summed E-state index contributed by atoms with van der Waals surface area (Å²) in [7, 11) is -0.125. The number of hydrogen-bond acceptors (Lipinski definition) is 6. The van der Waals surface area contributed by atoms with Crippen LogP contribution in [-0.4, -0.2) is 75.3 Å². The number of benzene rings is 2. The first-order chi connectivity index (χ1) is 16.2. The molecule has 1 aliphatic carbocycles. The predicted molar refractivity (Wildman–Crippen MR) is 133 cm³/mol. The Morgan fingerprint density at radius 3 is 2.59 bits per heavy atom. The van der Waals surface area contributed by atoms with Gasteiger partial charge in [0.25, 0.3) is 0 Å². The molecule has 3 atom stereocenters. The largest absolute Gasteiger partial charge is 0.497 e. The van der Waals surface area contributed by atoms with E-state index in [1.54, 1.807) is 26.2 Å². The fourth-order valence-corrected chi connectivity index (χ4v) is 6.37. The molecule has 2 aliphatic rings. The van der Waals surface area contributed by atoms with Crippen LogP contribution >= 0.6 is 0 Å². The molecular weight excluding hydrogens is 452 g/mol. The second-order valence-electron chi connectivity index (χ2n) is 9.80. The number of rotatable bonds is 8. The maximum absolute atomic E-state index is 13.7. The van der Waals surface area contributed by atoms with Gasteiger partial charge in [0.1, 0.15) is 22.5 Å². The maximum Gasteiger partial charge on any atom is 0.247 e. The Morgan fingerprint density at radius 2 is 1.91 bits per heavy atom. The summed E-state index contributed by atoms with van der Waals surface area (Å²) in [5, 5.41) is 9.82. The molecule has 1 N–H and O–H groups in total. The van der Waals surface area contributed by atoms with Crippen molar-refractivity contribution >= 4 is 10.0 Å². The van der Waals surface area contributed by atoms with Gasteiger partial charge < -0.3 is 19.5 Å². The van der Waals surface area contributed by atoms with Gasteiger partial charge in [0.05, 0.1) is 13.7 Å². The number of ether oxygens (including phenoxy) is 2. The summed E-state index contributed by atoms with van der Waals surface area (Å²) in [6, 6.07) is 12.4. The van der Waals surface area contributed by atoms with Gasteiger partial charge in [0.2, 0.25) is 10.0 Å². The number of nitrogens with zero attached hydrogens (tertiary/aromatic N) is 2. The lowest BCUT2D eigenvalue weighted by Gasteiger charge is -2.37. The van der Waals surface area contributed by atoms with Crippen molar-refractivity contribution in [2.75, 3.05) is 40.4 Å². The third-order valence-electron chi connectivity index (χ3n) is 6.83. The van der Waals surface area contributed by atoms with E-state index in [9.17, 15) is 13.5 Å². The Hall–Kier alpha value is -2.13. The second kappa shape index (κ2) is 10.2. The highest BCUT2D eigenvalue weighted by atomic mass is 32.2. The van der Waals surface area contributed by atoms with Gasteiger partial charge in [-0.3, -0.25) is 0 Å². The van der Waals surface area contributed by atoms with Crippen LogP contribution < -0.4 is 9.47 Å². The summed E-state index contributed by atoms with van der Waals surface area (Å²) < 4.78 is 40.6. The molecule has 0 unspecified atom stereocenters. The van der Waals surface area contributed by atoms with Crippen LogP contribution in [0.5, 0.6) is 11.5 Å². The van der Waals surface area contributed by atoms with Crippen molar-refractivity contribution in [1.29, 1.82) is 0 Å². The molecule has 34 heavy (non-hydrogen) atoms. The Bertz CT molecular complexity index is 1100. The van der Waals surface area contributed by atoms with Crippen molar-refractivity contribution in [3.8, 4) is 22.6 Å². The van der Waals surface area contributed by atoms with Gasteiger partial charge in [-0.25, -0.2) is 8.42 Å². The number of methoxy groups -OCH3 is 1. The SMILES string of the molecule is COc1cccc(-c2ccc3c(c2)O[C@@H](CN(C)CC2CC2)[C@@H](C)CN([C@@H](C)CO)S3(=O)=O)c1. The van der Waals surface area contributed by atoms with E-state index in [4.69, 9.17) is 9.47 Å². The third kappa shape index (κ3) is 5.40. The lowest BCUT2D eigenvalue weighted by Crippen LogP contribution is -2.49. The van der Waals surface area contributed by atoms with Crippen molar-refractivity contribution in [2.45, 2.75) is 43.7 Å². The third-order valence-corrected chi connectivity index (χ3v) is 8.85. The molecule has 2 aromatic rings. The van der Waals surface area contributed by atoms with E-state index >= 15 is 0 Å². The van der Waals surface area contributed by atoms with Crippen LogP contribution in [0.2, 0.25) is 0 Å². The monoisotopic (exact) mass is 488 g/mol. The molecule has 1 heterocycles. The number of aliphatic hydroxyl groups is 1. The van der Waals surface area contributed by atoms with Crippen LogP contribution in [0, 0.1) is 11.8 Å². The number of likely N-dealkylation sites (N-methyl/N-ethyl adjacent to an activating group) is 1. The molecule has 1 fully saturated rings. The molecule has 1 aliphatic heterocycles. The van der Waals surface area contributed by atoms with E-state index in [1.807, 2.05) is 37.3 Å². The zero-order valence-corrected chi connectivity index (χ0v) is 21.3. The highest BCUT2D eigenvalue weighted by molar-refractivity contribution is 7.89. The first-order valence-electron chi connectivity index (χ1n) is 12.0. The smallest absolute Gasteiger partial charge is 0.247 e. The van der Waals surface area contributed by atoms with E-state index in [0.717, 1.165) is 29.3 Å². The summed E-state index contributed by atoms with van der Waals surface area (Å²) in [6.45, 7) is 5.56. The fraction of sp³-hybridized carbons (Fsp3) is 0.538. The molecule has 1 saturated carbocycles. The summed E-state index contributed by atoms with van der Waals surface area (Å²) in [4.78, 5) is 2.43. The Morgan fingerprint density at radius 1 is 1.18 bits per heavy atom. The normalized spacial score (nSPS) is 23.5. The minimum Gasteiger partial charge on any atom is -0.497 e. The van der Waals surface area contributed by atoms with Crippen LogP contribution in [0.1, 0.15) is 26.7 Å². The Kier molecular flexibility index (Phi) is 7.52. The van der Waals surface area contributed by atoms with Crippen molar-refractivity contribution in [2.24, 2.45) is 11.8 Å². The van der Waals surface area contributed by atoms with Crippen molar-refractivity contribution in [1.82, 2.24) is 9.21 Å². The quantitative estimate of drug-likeness (QED) is 0.613. The van der Waals surface area contributed by atoms with Gasteiger partial charge in [-0.2, -0.15) is 4.31 Å². The summed E-state index contributed by atoms with van der Waals surface area (Å²) >= 11 is 0. The Labute approximate surface area is 203 Å². The Balaban J connectivity index is 1.75. The van der Waals surface area contributed by atoms with Gasteiger partial charge in [0, 0.05) is 31.6 Å². The molecule has 0 radical (unpaired) electrons. The maximum atomic E-state index is 13.7. The highest BCUT2D eigenvalue weighted by Gasteiger charge is 2.38. The number of aliphatic hydroxyl groups excluding tert-OH is 1. The van der Waals surface area contributed by atoms with E-state index in [-0.39, 0.29) is 23.5 Å². The number of sulfonamides is 1. The zero-order valence-electron chi connectivity index (χ0n) is 20.5. The van der Waals surface area contributed by atoms with Gasteiger partial charge in [0.15, 0.2) is 0 Å². The molecule has 0 bridgehead atoms. The average molecular weight is 489 g/mol. The van der Waals surface area contributed by atoms with Crippen molar-refractivity contribution in [3.63, 3.8) is 0 Å². The lowest BCUT2D eigenvalue weighted by molar-refractivity contribution is 0.0741. The van der Waals surface area contributed by atoms with E-state index < -0.39 is 16.1 Å². The molecular formula is C26H36N2O5S. The number of fused-ring (bicyclic) bond motifs is 1. The fourth-order valence-electron chi connectivity index (χ4n) is 4.55. The molecule has 0 amide bonds.